The minimum Gasteiger partial charge on any atom is -0.455 e. The molecule has 2 heterocycles. The van der Waals surface area contributed by atoms with E-state index in [9.17, 15) is 0 Å². The van der Waals surface area contributed by atoms with Crippen molar-refractivity contribution in [3.63, 3.8) is 0 Å². The summed E-state index contributed by atoms with van der Waals surface area (Å²) in [6.07, 6.45) is 0. The molecule has 0 saturated heterocycles. The fourth-order valence-corrected chi connectivity index (χ4v) is 7.90. The molecule has 0 N–H and O–H groups in total. The van der Waals surface area contributed by atoms with Gasteiger partial charge in [0.15, 0.2) is 17.5 Å². The second-order valence-electron chi connectivity index (χ2n) is 14.0. The highest BCUT2D eigenvalue weighted by molar-refractivity contribution is 6.16. The zero-order chi connectivity index (χ0) is 34.8. The third kappa shape index (κ3) is 4.79. The van der Waals surface area contributed by atoms with E-state index >= 15 is 0 Å². The third-order valence-corrected chi connectivity index (χ3v) is 10.6. The maximum absolute atomic E-state index is 6.67. The largest absolute Gasteiger partial charge is 0.455 e. The van der Waals surface area contributed by atoms with E-state index in [0.29, 0.717) is 17.5 Å². The number of hydrogen-bond donors (Lipinski definition) is 0. The van der Waals surface area contributed by atoms with Gasteiger partial charge < -0.3 is 4.42 Å². The molecule has 0 amide bonds. The quantitative estimate of drug-likeness (QED) is 0.183. The maximum atomic E-state index is 6.67. The number of furan rings is 1. The van der Waals surface area contributed by atoms with Crippen molar-refractivity contribution in [2.45, 2.75) is 19.3 Å². The molecule has 52 heavy (non-hydrogen) atoms. The highest BCUT2D eigenvalue weighted by atomic mass is 16.3. The SMILES string of the molecule is CC1(C)c2ccccc2-c2ccc(-c3ccc(-c4ccc(-c5nc(-c6ccccc6)nc(-c6ccccc6)n5)c5oc6ccccc6c45)cc3)cc21. The van der Waals surface area contributed by atoms with E-state index in [1.165, 1.54) is 33.4 Å². The van der Waals surface area contributed by atoms with E-state index in [4.69, 9.17) is 19.4 Å². The summed E-state index contributed by atoms with van der Waals surface area (Å²) in [5, 5.41) is 2.10. The van der Waals surface area contributed by atoms with Gasteiger partial charge in [-0.3, -0.25) is 0 Å². The first kappa shape index (κ1) is 30.2. The minimum atomic E-state index is -0.0418. The van der Waals surface area contributed by atoms with Crippen molar-refractivity contribution < 1.29 is 4.42 Å². The number of para-hydroxylation sites is 1. The van der Waals surface area contributed by atoms with E-state index in [1.807, 2.05) is 72.8 Å². The smallest absolute Gasteiger partial charge is 0.167 e. The molecule has 0 saturated carbocycles. The van der Waals surface area contributed by atoms with Crippen molar-refractivity contribution in [3.05, 3.63) is 175 Å². The molecule has 4 heteroatoms. The number of aromatic nitrogens is 3. The Kier molecular flexibility index (Phi) is 6.80. The normalized spacial score (nSPS) is 13.0. The molecule has 9 aromatic rings. The first-order valence-corrected chi connectivity index (χ1v) is 17.7. The van der Waals surface area contributed by atoms with Crippen LogP contribution in [0.2, 0.25) is 0 Å². The molecule has 0 aliphatic heterocycles. The molecule has 7 aromatic carbocycles. The summed E-state index contributed by atoms with van der Waals surface area (Å²) >= 11 is 0. The van der Waals surface area contributed by atoms with Crippen molar-refractivity contribution in [2.75, 3.05) is 0 Å². The average Bonchev–Trinajstić information content (AvgIpc) is 3.71. The standard InChI is InChI=1S/C48H33N3O/c1-48(2)40-19-11-9-17-36(40)37-26-25-34(29-41(37)48)30-21-23-31(24-22-30)35-27-28-39(44-43(35)38-18-10-12-20-42(38)52-44)47-50-45(32-13-5-3-6-14-32)49-46(51-47)33-15-7-4-8-16-33/h3-29H,1-2H3. The number of benzene rings is 7. The lowest BCUT2D eigenvalue weighted by Gasteiger charge is -2.22. The lowest BCUT2D eigenvalue weighted by molar-refractivity contribution is 0.660. The Morgan fingerprint density at radius 2 is 0.942 bits per heavy atom. The van der Waals surface area contributed by atoms with Crippen molar-refractivity contribution in [3.8, 4) is 67.5 Å². The van der Waals surface area contributed by atoms with E-state index in [1.54, 1.807) is 0 Å². The van der Waals surface area contributed by atoms with Crippen LogP contribution in [0.4, 0.5) is 0 Å². The number of rotatable bonds is 5. The zero-order valence-electron chi connectivity index (χ0n) is 28.8. The van der Waals surface area contributed by atoms with E-state index in [0.717, 1.165) is 49.8 Å². The van der Waals surface area contributed by atoms with Gasteiger partial charge >= 0.3 is 0 Å². The Morgan fingerprint density at radius 1 is 0.404 bits per heavy atom. The number of fused-ring (bicyclic) bond motifs is 6. The summed E-state index contributed by atoms with van der Waals surface area (Å²) in [7, 11) is 0. The molecular formula is C48H33N3O. The summed E-state index contributed by atoms with van der Waals surface area (Å²) in [6, 6.07) is 57.3. The molecule has 10 rings (SSSR count). The highest BCUT2D eigenvalue weighted by Crippen LogP contribution is 2.49. The summed E-state index contributed by atoms with van der Waals surface area (Å²) in [5.41, 5.74) is 14.3. The highest BCUT2D eigenvalue weighted by Gasteiger charge is 2.35. The first-order valence-electron chi connectivity index (χ1n) is 17.7. The van der Waals surface area contributed by atoms with E-state index in [-0.39, 0.29) is 5.41 Å². The van der Waals surface area contributed by atoms with Crippen LogP contribution in [0.25, 0.3) is 89.5 Å². The molecule has 0 atom stereocenters. The van der Waals surface area contributed by atoms with Gasteiger partial charge in [0.2, 0.25) is 0 Å². The van der Waals surface area contributed by atoms with Gasteiger partial charge in [-0.05, 0) is 62.7 Å². The van der Waals surface area contributed by atoms with Crippen molar-refractivity contribution in [1.29, 1.82) is 0 Å². The fourth-order valence-electron chi connectivity index (χ4n) is 7.90. The van der Waals surface area contributed by atoms with Crippen LogP contribution in [0.15, 0.2) is 168 Å². The van der Waals surface area contributed by atoms with E-state index in [2.05, 4.69) is 105 Å². The summed E-state index contributed by atoms with van der Waals surface area (Å²) in [4.78, 5) is 15.0. The van der Waals surface area contributed by atoms with Gasteiger partial charge in [-0.15, -0.1) is 0 Å². The van der Waals surface area contributed by atoms with Gasteiger partial charge in [0, 0.05) is 27.3 Å². The van der Waals surface area contributed by atoms with Gasteiger partial charge in [0.25, 0.3) is 0 Å². The van der Waals surface area contributed by atoms with Crippen LogP contribution in [0, 0.1) is 0 Å². The van der Waals surface area contributed by atoms with Crippen molar-refractivity contribution >= 4 is 21.9 Å². The molecule has 0 radical (unpaired) electrons. The van der Waals surface area contributed by atoms with Crippen LogP contribution >= 0.6 is 0 Å². The summed E-state index contributed by atoms with van der Waals surface area (Å²) in [6.45, 7) is 4.66. The summed E-state index contributed by atoms with van der Waals surface area (Å²) in [5.74, 6) is 1.81. The van der Waals surface area contributed by atoms with Crippen molar-refractivity contribution in [2.24, 2.45) is 0 Å². The van der Waals surface area contributed by atoms with Crippen LogP contribution in [-0.2, 0) is 5.41 Å². The van der Waals surface area contributed by atoms with Gasteiger partial charge in [0.1, 0.15) is 11.2 Å². The molecule has 4 nitrogen and oxygen atoms in total. The average molecular weight is 668 g/mol. The Bertz CT molecular complexity index is 2740. The lowest BCUT2D eigenvalue weighted by Crippen LogP contribution is -2.14. The molecule has 0 bridgehead atoms. The Morgan fingerprint density at radius 3 is 1.67 bits per heavy atom. The van der Waals surface area contributed by atoms with Gasteiger partial charge in [-0.25, -0.2) is 15.0 Å². The maximum Gasteiger partial charge on any atom is 0.167 e. The van der Waals surface area contributed by atoms with Crippen LogP contribution < -0.4 is 0 Å². The van der Waals surface area contributed by atoms with Crippen LogP contribution in [0.1, 0.15) is 25.0 Å². The predicted octanol–water partition coefficient (Wildman–Crippen LogP) is 12.4. The lowest BCUT2D eigenvalue weighted by atomic mass is 9.81. The number of nitrogens with zero attached hydrogens (tertiary/aromatic N) is 3. The summed E-state index contributed by atoms with van der Waals surface area (Å²) < 4.78 is 6.67. The topological polar surface area (TPSA) is 51.8 Å². The molecule has 1 aliphatic carbocycles. The minimum absolute atomic E-state index is 0.0418. The van der Waals surface area contributed by atoms with Crippen LogP contribution in [-0.4, -0.2) is 15.0 Å². The van der Waals surface area contributed by atoms with Crippen LogP contribution in [0.5, 0.6) is 0 Å². The monoisotopic (exact) mass is 667 g/mol. The third-order valence-electron chi connectivity index (χ3n) is 10.6. The van der Waals surface area contributed by atoms with Gasteiger partial charge in [-0.1, -0.05) is 159 Å². The Balaban J connectivity index is 1.10. The van der Waals surface area contributed by atoms with Crippen molar-refractivity contribution in [1.82, 2.24) is 15.0 Å². The van der Waals surface area contributed by atoms with Gasteiger partial charge in [-0.2, -0.15) is 0 Å². The van der Waals surface area contributed by atoms with Crippen LogP contribution in [0.3, 0.4) is 0 Å². The first-order chi connectivity index (χ1) is 25.5. The molecular weight excluding hydrogens is 635 g/mol. The second-order valence-corrected chi connectivity index (χ2v) is 14.0. The number of hydrogen-bond acceptors (Lipinski definition) is 4. The Labute approximate surface area is 302 Å². The molecule has 0 fully saturated rings. The zero-order valence-corrected chi connectivity index (χ0v) is 28.8. The second kappa shape index (κ2) is 11.7. The molecule has 0 unspecified atom stereocenters. The molecule has 246 valence electrons. The molecule has 2 aromatic heterocycles. The van der Waals surface area contributed by atoms with E-state index < -0.39 is 0 Å². The van der Waals surface area contributed by atoms with Gasteiger partial charge in [0.05, 0.1) is 5.56 Å². The predicted molar refractivity (Wildman–Crippen MR) is 212 cm³/mol. The fraction of sp³-hybridized carbons (Fsp3) is 0.0625. The molecule has 0 spiro atoms. The molecule has 1 aliphatic rings. The Hall–Kier alpha value is -6.65.